The van der Waals surface area contributed by atoms with Gasteiger partial charge in [-0.15, -0.1) is 0 Å². The molecular formula is C20H25N5O. The number of fused-ring (bicyclic) bond motifs is 1. The van der Waals surface area contributed by atoms with Crippen molar-refractivity contribution in [3.8, 4) is 0 Å². The van der Waals surface area contributed by atoms with Crippen molar-refractivity contribution in [1.82, 2.24) is 15.3 Å². The molecule has 1 saturated heterocycles. The molecule has 26 heavy (non-hydrogen) atoms. The topological polar surface area (TPSA) is 64.3 Å². The Labute approximate surface area is 153 Å². The molecule has 2 heterocycles. The average Bonchev–Trinajstić information content (AvgIpc) is 3.32. The molecule has 6 nitrogen and oxygen atoms in total. The highest BCUT2D eigenvalue weighted by Gasteiger charge is 2.21. The molecule has 2 N–H and O–H groups in total. The van der Waals surface area contributed by atoms with E-state index in [0.29, 0.717) is 6.54 Å². The molecule has 0 radical (unpaired) electrons. The molecule has 0 saturated carbocycles. The number of para-hydroxylation sites is 1. The third-order valence-corrected chi connectivity index (χ3v) is 4.46. The van der Waals surface area contributed by atoms with Crippen LogP contribution in [0, 0.1) is 0 Å². The van der Waals surface area contributed by atoms with E-state index in [1.807, 2.05) is 24.3 Å². The van der Waals surface area contributed by atoms with Crippen LogP contribution in [0.2, 0.25) is 0 Å². The fourth-order valence-electron chi connectivity index (χ4n) is 3.04. The SMILES string of the molecule is CCN(CC)c1ccccc1.O=C1NCCN1c1ccc2nc[nH]c2c1. The van der Waals surface area contributed by atoms with Crippen molar-refractivity contribution in [2.24, 2.45) is 0 Å². The van der Waals surface area contributed by atoms with Crippen molar-refractivity contribution in [1.29, 1.82) is 0 Å². The maximum absolute atomic E-state index is 11.4. The van der Waals surface area contributed by atoms with E-state index in [4.69, 9.17) is 0 Å². The minimum atomic E-state index is -0.0335. The zero-order valence-corrected chi connectivity index (χ0v) is 15.3. The molecule has 1 aromatic heterocycles. The van der Waals surface area contributed by atoms with Crippen LogP contribution in [-0.4, -0.2) is 42.2 Å². The number of aromatic amines is 1. The van der Waals surface area contributed by atoms with Crippen molar-refractivity contribution in [3.63, 3.8) is 0 Å². The lowest BCUT2D eigenvalue weighted by Crippen LogP contribution is -2.27. The van der Waals surface area contributed by atoms with E-state index in [-0.39, 0.29) is 6.03 Å². The van der Waals surface area contributed by atoms with Crippen LogP contribution < -0.4 is 15.1 Å². The maximum Gasteiger partial charge on any atom is 0.321 e. The van der Waals surface area contributed by atoms with Crippen LogP contribution in [0.15, 0.2) is 54.9 Å². The molecule has 2 aromatic carbocycles. The number of hydrogen-bond donors (Lipinski definition) is 2. The predicted molar refractivity (Wildman–Crippen MR) is 107 cm³/mol. The molecular weight excluding hydrogens is 326 g/mol. The molecule has 0 atom stereocenters. The van der Waals surface area contributed by atoms with Crippen molar-refractivity contribution in [2.75, 3.05) is 36.0 Å². The number of carbonyl (C=O) groups excluding carboxylic acids is 1. The summed E-state index contributed by atoms with van der Waals surface area (Å²) in [4.78, 5) is 22.7. The first-order valence-corrected chi connectivity index (χ1v) is 9.01. The summed E-state index contributed by atoms with van der Waals surface area (Å²) in [5, 5.41) is 2.77. The number of H-pyrrole nitrogens is 1. The standard InChI is InChI=1S/C10H10N4O.C10H15N/c15-10-11-3-4-14(10)7-1-2-8-9(5-7)13-6-12-8;1-3-11(4-2)10-8-6-5-7-9-10/h1-2,5-6H,3-4H2,(H,11,15)(H,12,13);5-9H,3-4H2,1-2H3. The van der Waals surface area contributed by atoms with Gasteiger partial charge in [-0.1, -0.05) is 18.2 Å². The van der Waals surface area contributed by atoms with Crippen LogP contribution in [0.1, 0.15) is 13.8 Å². The fraction of sp³-hybridized carbons (Fsp3) is 0.300. The Morgan fingerprint density at radius 1 is 1.12 bits per heavy atom. The zero-order valence-electron chi connectivity index (χ0n) is 15.3. The molecule has 136 valence electrons. The molecule has 2 amide bonds. The van der Waals surface area contributed by atoms with Crippen LogP contribution in [0.3, 0.4) is 0 Å². The summed E-state index contributed by atoms with van der Waals surface area (Å²) in [7, 11) is 0. The minimum Gasteiger partial charge on any atom is -0.372 e. The Morgan fingerprint density at radius 3 is 2.54 bits per heavy atom. The van der Waals surface area contributed by atoms with Crippen molar-refractivity contribution >= 4 is 28.4 Å². The summed E-state index contributed by atoms with van der Waals surface area (Å²) in [5.74, 6) is 0. The smallest absolute Gasteiger partial charge is 0.321 e. The van der Waals surface area contributed by atoms with E-state index in [0.717, 1.165) is 36.4 Å². The summed E-state index contributed by atoms with van der Waals surface area (Å²) >= 11 is 0. The first-order valence-electron chi connectivity index (χ1n) is 9.01. The number of amides is 2. The largest absolute Gasteiger partial charge is 0.372 e. The van der Waals surface area contributed by atoms with Gasteiger partial charge in [0.1, 0.15) is 0 Å². The van der Waals surface area contributed by atoms with E-state index in [2.05, 4.69) is 58.3 Å². The normalized spacial score (nSPS) is 13.3. The van der Waals surface area contributed by atoms with Crippen molar-refractivity contribution in [3.05, 3.63) is 54.9 Å². The van der Waals surface area contributed by atoms with Gasteiger partial charge in [-0.05, 0) is 44.2 Å². The highest BCUT2D eigenvalue weighted by atomic mass is 16.2. The van der Waals surface area contributed by atoms with Gasteiger partial charge < -0.3 is 15.2 Å². The first-order chi connectivity index (χ1) is 12.7. The molecule has 0 bridgehead atoms. The van der Waals surface area contributed by atoms with Crippen LogP contribution in [0.5, 0.6) is 0 Å². The highest BCUT2D eigenvalue weighted by molar-refractivity contribution is 5.95. The fourth-order valence-corrected chi connectivity index (χ4v) is 3.04. The first kappa shape index (κ1) is 17.8. The Kier molecular flexibility index (Phi) is 5.73. The second kappa shape index (κ2) is 8.38. The third kappa shape index (κ3) is 3.96. The van der Waals surface area contributed by atoms with Gasteiger partial charge in [0.15, 0.2) is 0 Å². The number of imidazole rings is 1. The minimum absolute atomic E-state index is 0.0335. The Bertz CT molecular complexity index is 842. The predicted octanol–water partition coefficient (Wildman–Crippen LogP) is 3.63. The number of urea groups is 1. The quantitative estimate of drug-likeness (QED) is 0.754. The summed E-state index contributed by atoms with van der Waals surface area (Å²) in [6, 6.07) is 16.2. The molecule has 0 spiro atoms. The van der Waals surface area contributed by atoms with Crippen LogP contribution in [0.25, 0.3) is 11.0 Å². The molecule has 1 fully saturated rings. The van der Waals surface area contributed by atoms with E-state index in [1.165, 1.54) is 5.69 Å². The molecule has 1 aliphatic heterocycles. The number of rotatable bonds is 4. The Balaban J connectivity index is 0.000000160. The van der Waals surface area contributed by atoms with E-state index >= 15 is 0 Å². The number of nitrogens with zero attached hydrogens (tertiary/aromatic N) is 3. The summed E-state index contributed by atoms with van der Waals surface area (Å²) in [6.45, 7) is 7.95. The van der Waals surface area contributed by atoms with Gasteiger partial charge in [-0.3, -0.25) is 4.90 Å². The third-order valence-electron chi connectivity index (χ3n) is 4.46. The van der Waals surface area contributed by atoms with Crippen LogP contribution in [0.4, 0.5) is 16.2 Å². The summed E-state index contributed by atoms with van der Waals surface area (Å²) in [5.41, 5.74) is 4.09. The lowest BCUT2D eigenvalue weighted by atomic mass is 10.2. The van der Waals surface area contributed by atoms with Gasteiger partial charge in [0.05, 0.1) is 17.4 Å². The zero-order chi connectivity index (χ0) is 18.4. The number of aromatic nitrogens is 2. The number of carbonyl (C=O) groups is 1. The lowest BCUT2D eigenvalue weighted by Gasteiger charge is -2.20. The van der Waals surface area contributed by atoms with E-state index in [1.54, 1.807) is 11.2 Å². The second-order valence-corrected chi connectivity index (χ2v) is 6.00. The van der Waals surface area contributed by atoms with Crippen LogP contribution in [-0.2, 0) is 0 Å². The monoisotopic (exact) mass is 351 g/mol. The lowest BCUT2D eigenvalue weighted by molar-refractivity contribution is 0.252. The molecule has 0 aliphatic carbocycles. The van der Waals surface area contributed by atoms with Gasteiger partial charge in [-0.25, -0.2) is 9.78 Å². The van der Waals surface area contributed by atoms with Gasteiger partial charge in [-0.2, -0.15) is 0 Å². The number of nitrogens with one attached hydrogen (secondary N) is 2. The molecule has 4 rings (SSSR count). The van der Waals surface area contributed by atoms with E-state index in [9.17, 15) is 4.79 Å². The van der Waals surface area contributed by atoms with Gasteiger partial charge in [0, 0.05) is 37.6 Å². The van der Waals surface area contributed by atoms with Gasteiger partial charge in [0.2, 0.25) is 0 Å². The Morgan fingerprint density at radius 2 is 1.88 bits per heavy atom. The van der Waals surface area contributed by atoms with Crippen LogP contribution >= 0.6 is 0 Å². The second-order valence-electron chi connectivity index (χ2n) is 6.00. The molecule has 6 heteroatoms. The maximum atomic E-state index is 11.4. The Hall–Kier alpha value is -3.02. The van der Waals surface area contributed by atoms with Crippen molar-refractivity contribution in [2.45, 2.75) is 13.8 Å². The number of hydrogen-bond acceptors (Lipinski definition) is 3. The summed E-state index contributed by atoms with van der Waals surface area (Å²) < 4.78 is 0. The molecule has 3 aromatic rings. The van der Waals surface area contributed by atoms with E-state index < -0.39 is 0 Å². The highest BCUT2D eigenvalue weighted by Crippen LogP contribution is 2.20. The molecule has 0 unspecified atom stereocenters. The van der Waals surface area contributed by atoms with Gasteiger partial charge >= 0.3 is 6.03 Å². The van der Waals surface area contributed by atoms with Gasteiger partial charge in [0.25, 0.3) is 0 Å². The average molecular weight is 351 g/mol. The number of anilines is 2. The van der Waals surface area contributed by atoms with Crippen molar-refractivity contribution < 1.29 is 4.79 Å². The summed E-state index contributed by atoms with van der Waals surface area (Å²) in [6.07, 6.45) is 1.65. The molecule has 1 aliphatic rings. The number of benzene rings is 2.